The van der Waals surface area contributed by atoms with E-state index in [-0.39, 0.29) is 22.5 Å². The maximum absolute atomic E-state index is 15.2. The van der Waals surface area contributed by atoms with Crippen molar-refractivity contribution in [2.24, 2.45) is 0 Å². The van der Waals surface area contributed by atoms with E-state index in [1.807, 2.05) is 24.3 Å². The first-order valence-corrected chi connectivity index (χ1v) is 14.3. The van der Waals surface area contributed by atoms with Crippen molar-refractivity contribution in [2.75, 3.05) is 36.0 Å². The Morgan fingerprint density at radius 3 is 2.05 bits per heavy atom. The lowest BCUT2D eigenvalue weighted by atomic mass is 10.00. The van der Waals surface area contributed by atoms with Crippen LogP contribution in [0, 0.1) is 26.4 Å². The molecule has 6 nitrogen and oxygen atoms in total. The van der Waals surface area contributed by atoms with E-state index in [4.69, 9.17) is 11.6 Å². The number of piperazine rings is 1. The third-order valence-corrected chi connectivity index (χ3v) is 8.82. The molecule has 0 saturated carbocycles. The van der Waals surface area contributed by atoms with E-state index in [2.05, 4.69) is 63.8 Å². The first kappa shape index (κ1) is 27.5. The molecule has 1 aliphatic rings. The van der Waals surface area contributed by atoms with Crippen LogP contribution in [-0.4, -0.2) is 35.7 Å². The van der Waals surface area contributed by atoms with Gasteiger partial charge in [0.1, 0.15) is 5.82 Å². The fourth-order valence-electron chi connectivity index (χ4n) is 5.39. The second-order valence-corrected chi connectivity index (χ2v) is 11.6. The summed E-state index contributed by atoms with van der Waals surface area (Å²) in [5.74, 6) is -0.270. The summed E-state index contributed by atoms with van der Waals surface area (Å²) in [5.41, 5.74) is 7.00. The fourth-order valence-corrected chi connectivity index (χ4v) is 6.34. The monoisotopic (exact) mass is 658 g/mol. The van der Waals surface area contributed by atoms with E-state index in [0.717, 1.165) is 56.1 Å². The largest absolute Gasteiger partial charge is 0.368 e. The van der Waals surface area contributed by atoms with Crippen LogP contribution in [0.5, 0.6) is 0 Å². The van der Waals surface area contributed by atoms with E-state index < -0.39 is 0 Å². The molecule has 202 valence electrons. The first-order chi connectivity index (χ1) is 18.6. The topological polar surface area (TPSA) is 54.6 Å². The SMILES string of the molecule is Cc1c(I)c(-c2cc(F)cc(N3CCN(c4ccc([N+](=O)[O-])cc4)CC3)c2)c(-c2ccc(Cl)cc2)n1C(C)C. The molecule has 0 N–H and O–H groups in total. The van der Waals surface area contributed by atoms with E-state index in [1.54, 1.807) is 24.3 Å². The number of non-ortho nitro benzene ring substituents is 1. The van der Waals surface area contributed by atoms with Gasteiger partial charge in [0.25, 0.3) is 5.69 Å². The molecule has 1 aliphatic heterocycles. The Balaban J connectivity index is 1.47. The predicted molar refractivity (Wildman–Crippen MR) is 166 cm³/mol. The third kappa shape index (κ3) is 5.49. The number of nitrogens with zero attached hydrogens (tertiary/aromatic N) is 4. The predicted octanol–water partition coefficient (Wildman–Crippen LogP) is 8.34. The number of nitro groups is 1. The fraction of sp³-hybridized carbons (Fsp3) is 0.267. The van der Waals surface area contributed by atoms with E-state index >= 15 is 4.39 Å². The number of hydrogen-bond donors (Lipinski definition) is 0. The highest BCUT2D eigenvalue weighted by Crippen LogP contribution is 2.43. The van der Waals surface area contributed by atoms with Gasteiger partial charge in [-0.3, -0.25) is 10.1 Å². The number of nitro benzene ring substituents is 1. The van der Waals surface area contributed by atoms with Crippen LogP contribution in [0.15, 0.2) is 66.7 Å². The van der Waals surface area contributed by atoms with Crippen molar-refractivity contribution in [1.82, 2.24) is 4.57 Å². The van der Waals surface area contributed by atoms with Gasteiger partial charge in [-0.1, -0.05) is 23.7 Å². The zero-order chi connectivity index (χ0) is 27.8. The standard InChI is InChI=1S/C30H29ClFIN4O2/c1-19(2)36-20(3)29(33)28(30(36)21-4-6-23(31)7-5-21)22-16-24(32)18-27(17-22)35-14-12-34(13-15-35)25-8-10-26(11-9-25)37(38)39/h4-11,16-19H,12-15H2,1-3H3. The highest BCUT2D eigenvalue weighted by atomic mass is 127. The Hall–Kier alpha value is -3.11. The van der Waals surface area contributed by atoms with Crippen molar-refractivity contribution >= 4 is 51.3 Å². The molecular weight excluding hydrogens is 630 g/mol. The van der Waals surface area contributed by atoms with Gasteiger partial charge in [-0.05, 0) is 97.0 Å². The molecule has 2 heterocycles. The van der Waals surface area contributed by atoms with Gasteiger partial charge in [0, 0.05) is 75.6 Å². The Kier molecular flexibility index (Phi) is 7.87. The molecule has 39 heavy (non-hydrogen) atoms. The van der Waals surface area contributed by atoms with Crippen molar-refractivity contribution in [2.45, 2.75) is 26.8 Å². The van der Waals surface area contributed by atoms with Crippen molar-refractivity contribution < 1.29 is 9.31 Å². The van der Waals surface area contributed by atoms with Gasteiger partial charge in [-0.15, -0.1) is 0 Å². The van der Waals surface area contributed by atoms with Crippen LogP contribution >= 0.6 is 34.2 Å². The summed E-state index contributed by atoms with van der Waals surface area (Å²) in [6.45, 7) is 9.34. The van der Waals surface area contributed by atoms with E-state index in [9.17, 15) is 10.1 Å². The minimum Gasteiger partial charge on any atom is -0.368 e. The first-order valence-electron chi connectivity index (χ1n) is 12.9. The normalized spacial score (nSPS) is 13.8. The summed E-state index contributed by atoms with van der Waals surface area (Å²) in [6, 6.07) is 20.0. The van der Waals surface area contributed by atoms with E-state index in [0.29, 0.717) is 18.1 Å². The molecule has 0 unspecified atom stereocenters. The average molecular weight is 659 g/mol. The number of rotatable bonds is 6. The molecule has 5 rings (SSSR count). The molecule has 0 bridgehead atoms. The molecule has 0 atom stereocenters. The molecule has 1 fully saturated rings. The lowest BCUT2D eigenvalue weighted by Crippen LogP contribution is -2.46. The molecular formula is C30H29ClFIN4O2. The highest BCUT2D eigenvalue weighted by Gasteiger charge is 2.25. The van der Waals surface area contributed by atoms with Gasteiger partial charge >= 0.3 is 0 Å². The molecule has 4 aromatic rings. The summed E-state index contributed by atoms with van der Waals surface area (Å²) < 4.78 is 18.6. The lowest BCUT2D eigenvalue weighted by molar-refractivity contribution is -0.384. The van der Waals surface area contributed by atoms with Gasteiger partial charge in [0.2, 0.25) is 0 Å². The molecule has 0 radical (unpaired) electrons. The molecule has 1 aromatic heterocycles. The van der Waals surface area contributed by atoms with Crippen LogP contribution < -0.4 is 9.80 Å². The lowest BCUT2D eigenvalue weighted by Gasteiger charge is -2.37. The van der Waals surface area contributed by atoms with Crippen LogP contribution in [0.25, 0.3) is 22.4 Å². The smallest absolute Gasteiger partial charge is 0.269 e. The molecule has 0 aliphatic carbocycles. The zero-order valence-electron chi connectivity index (χ0n) is 22.0. The minimum atomic E-state index is -0.389. The quantitative estimate of drug-likeness (QED) is 0.119. The summed E-state index contributed by atoms with van der Waals surface area (Å²) in [7, 11) is 0. The Morgan fingerprint density at radius 2 is 1.49 bits per heavy atom. The van der Waals surface area contributed by atoms with E-state index in [1.165, 1.54) is 12.1 Å². The maximum atomic E-state index is 15.2. The number of hydrogen-bond acceptors (Lipinski definition) is 4. The van der Waals surface area contributed by atoms with Crippen LogP contribution in [0.2, 0.25) is 5.02 Å². The molecule has 3 aromatic carbocycles. The summed E-state index contributed by atoms with van der Waals surface area (Å²) in [6.07, 6.45) is 0. The van der Waals surface area contributed by atoms with Crippen LogP contribution in [0.1, 0.15) is 25.6 Å². The minimum absolute atomic E-state index is 0.0822. The molecule has 0 amide bonds. The van der Waals surface area contributed by atoms with Crippen molar-refractivity contribution in [1.29, 1.82) is 0 Å². The zero-order valence-corrected chi connectivity index (χ0v) is 24.9. The van der Waals surface area contributed by atoms with Crippen molar-refractivity contribution in [3.8, 4) is 22.4 Å². The van der Waals surface area contributed by atoms with Crippen molar-refractivity contribution in [3.05, 3.63) is 96.9 Å². The van der Waals surface area contributed by atoms with Crippen LogP contribution in [0.4, 0.5) is 21.5 Å². The van der Waals surface area contributed by atoms with Gasteiger partial charge in [-0.25, -0.2) is 4.39 Å². The molecule has 1 saturated heterocycles. The Labute approximate surface area is 246 Å². The Bertz CT molecular complexity index is 1510. The van der Waals surface area contributed by atoms with Crippen LogP contribution in [-0.2, 0) is 0 Å². The summed E-state index contributed by atoms with van der Waals surface area (Å²) >= 11 is 8.58. The number of benzene rings is 3. The Morgan fingerprint density at radius 1 is 0.897 bits per heavy atom. The van der Waals surface area contributed by atoms with Crippen molar-refractivity contribution in [3.63, 3.8) is 0 Å². The van der Waals surface area contributed by atoms with Gasteiger partial charge in [0.05, 0.1) is 10.6 Å². The molecule has 0 spiro atoms. The average Bonchev–Trinajstić information content (AvgIpc) is 3.19. The van der Waals surface area contributed by atoms with Crippen LogP contribution in [0.3, 0.4) is 0 Å². The third-order valence-electron chi connectivity index (χ3n) is 7.25. The summed E-state index contributed by atoms with van der Waals surface area (Å²) in [4.78, 5) is 15.0. The second-order valence-electron chi connectivity index (χ2n) is 10.0. The number of aromatic nitrogens is 1. The second kappa shape index (κ2) is 11.2. The highest BCUT2D eigenvalue weighted by molar-refractivity contribution is 14.1. The van der Waals surface area contributed by atoms with Gasteiger partial charge in [0.15, 0.2) is 0 Å². The number of anilines is 2. The summed E-state index contributed by atoms with van der Waals surface area (Å²) in [5, 5.41) is 11.7. The van der Waals surface area contributed by atoms with Gasteiger partial charge in [-0.2, -0.15) is 0 Å². The van der Waals surface area contributed by atoms with Gasteiger partial charge < -0.3 is 14.4 Å². The number of halogens is 3. The molecule has 9 heteroatoms. The maximum Gasteiger partial charge on any atom is 0.269 e.